The maximum atomic E-state index is 13.3. The predicted molar refractivity (Wildman–Crippen MR) is 138 cm³/mol. The van der Waals surface area contributed by atoms with E-state index in [0.717, 1.165) is 0 Å². The van der Waals surface area contributed by atoms with Gasteiger partial charge in [-0.2, -0.15) is 0 Å². The summed E-state index contributed by atoms with van der Waals surface area (Å²) in [6, 6.07) is 5.34. The molecule has 0 radical (unpaired) electrons. The van der Waals surface area contributed by atoms with Crippen molar-refractivity contribution in [1.29, 1.82) is 0 Å². The quantitative estimate of drug-likeness (QED) is 0.313. The van der Waals surface area contributed by atoms with Crippen LogP contribution in [0.15, 0.2) is 35.3 Å². The smallest absolute Gasteiger partial charge is 0.329 e. The Morgan fingerprint density at radius 2 is 1.69 bits per heavy atom. The van der Waals surface area contributed by atoms with Gasteiger partial charge in [0.2, 0.25) is 0 Å². The number of benzene rings is 1. The van der Waals surface area contributed by atoms with Gasteiger partial charge in [-0.25, -0.2) is 4.79 Å². The first-order valence-corrected chi connectivity index (χ1v) is 12.0. The van der Waals surface area contributed by atoms with Gasteiger partial charge in [0.1, 0.15) is 17.4 Å². The first kappa shape index (κ1) is 28.6. The van der Waals surface area contributed by atoms with Gasteiger partial charge >= 0.3 is 5.97 Å². The van der Waals surface area contributed by atoms with Crippen molar-refractivity contribution in [2.24, 2.45) is 0 Å². The Labute approximate surface area is 212 Å². The topological polar surface area (TPSA) is 83.8 Å². The third kappa shape index (κ3) is 7.94. The van der Waals surface area contributed by atoms with E-state index in [0.29, 0.717) is 33.9 Å². The van der Waals surface area contributed by atoms with E-state index in [4.69, 9.17) is 25.8 Å². The van der Waals surface area contributed by atoms with Crippen molar-refractivity contribution in [3.63, 3.8) is 0 Å². The number of ketones is 1. The van der Waals surface area contributed by atoms with E-state index in [-0.39, 0.29) is 18.8 Å². The average Bonchev–Trinajstić information content (AvgIpc) is 2.74. The summed E-state index contributed by atoms with van der Waals surface area (Å²) in [5.41, 5.74) is -0.224. The van der Waals surface area contributed by atoms with Crippen LogP contribution in [0.3, 0.4) is 0 Å². The van der Waals surface area contributed by atoms with E-state index < -0.39 is 28.8 Å². The highest BCUT2D eigenvalue weighted by atomic mass is 35.5. The summed E-state index contributed by atoms with van der Waals surface area (Å²) in [4.78, 5) is 39.0. The Kier molecular flexibility index (Phi) is 9.31. The zero-order valence-corrected chi connectivity index (χ0v) is 22.6. The molecule has 192 valence electrons. The molecule has 8 heteroatoms. The lowest BCUT2D eigenvalue weighted by Crippen LogP contribution is -2.36. The van der Waals surface area contributed by atoms with E-state index in [9.17, 15) is 14.4 Å². The Morgan fingerprint density at radius 1 is 1.03 bits per heavy atom. The summed E-state index contributed by atoms with van der Waals surface area (Å²) in [7, 11) is 1.46. The number of methoxy groups -OCH3 is 1. The molecule has 2 rings (SSSR count). The Morgan fingerprint density at radius 3 is 2.23 bits per heavy atom. The minimum atomic E-state index is -0.928. The van der Waals surface area contributed by atoms with Crippen LogP contribution in [-0.2, 0) is 14.3 Å². The van der Waals surface area contributed by atoms with Crippen molar-refractivity contribution in [3.05, 3.63) is 51.4 Å². The monoisotopic (exact) mass is 505 g/mol. The number of ether oxygens (including phenoxy) is 3. The summed E-state index contributed by atoms with van der Waals surface area (Å²) in [5.74, 6) is -0.312. The molecule has 0 bridgehead atoms. The highest BCUT2D eigenvalue weighted by molar-refractivity contribution is 6.31. The maximum Gasteiger partial charge on any atom is 0.329 e. The number of halogens is 1. The van der Waals surface area contributed by atoms with Crippen LogP contribution in [0.5, 0.6) is 5.75 Å². The molecule has 0 spiro atoms. The summed E-state index contributed by atoms with van der Waals surface area (Å²) in [6.45, 7) is 13.1. The number of carbonyl (C=O) groups is 2. The van der Waals surface area contributed by atoms with Gasteiger partial charge in [0.15, 0.2) is 5.78 Å². The lowest BCUT2D eigenvalue weighted by Gasteiger charge is -2.27. The molecule has 1 aromatic heterocycles. The number of aromatic nitrogens is 1. The number of pyridine rings is 1. The van der Waals surface area contributed by atoms with E-state index >= 15 is 0 Å². The molecule has 0 aliphatic heterocycles. The van der Waals surface area contributed by atoms with E-state index in [1.54, 1.807) is 45.9 Å². The molecule has 1 atom stereocenters. The second kappa shape index (κ2) is 11.4. The second-order valence-corrected chi connectivity index (χ2v) is 10.7. The Hall–Kier alpha value is -2.64. The molecular weight excluding hydrogens is 470 g/mol. The molecule has 7 nitrogen and oxygen atoms in total. The minimum absolute atomic E-state index is 0.0890. The molecule has 0 fully saturated rings. The molecule has 0 saturated carbocycles. The van der Waals surface area contributed by atoms with Gasteiger partial charge in [-0.05, 0) is 65.3 Å². The Balaban J connectivity index is 2.62. The number of hydrogen-bond donors (Lipinski definition) is 0. The molecule has 0 aliphatic rings. The van der Waals surface area contributed by atoms with Crippen molar-refractivity contribution in [3.8, 4) is 16.9 Å². The van der Waals surface area contributed by atoms with Gasteiger partial charge in [-0.1, -0.05) is 18.5 Å². The van der Waals surface area contributed by atoms with Crippen LogP contribution in [0.25, 0.3) is 11.1 Å². The SMILES string of the molecule is CCC(=O)c1ccc(Cl)cc1-c1cc(=O)n(C(CCOC(C)(C)C)C(=O)OC(C)(C)C)cc1OC. The first-order chi connectivity index (χ1) is 16.2. The van der Waals surface area contributed by atoms with Gasteiger partial charge in [0.05, 0.1) is 18.9 Å². The highest BCUT2D eigenvalue weighted by Gasteiger charge is 2.29. The summed E-state index contributed by atoms with van der Waals surface area (Å²) in [5, 5.41) is 0.421. The third-order valence-electron chi connectivity index (χ3n) is 5.10. The number of nitrogens with zero attached hydrogens (tertiary/aromatic N) is 1. The maximum absolute atomic E-state index is 13.3. The molecule has 0 aliphatic carbocycles. The van der Waals surface area contributed by atoms with Gasteiger partial charge < -0.3 is 14.2 Å². The van der Waals surface area contributed by atoms with Crippen LogP contribution in [-0.4, -0.2) is 41.2 Å². The highest BCUT2D eigenvalue weighted by Crippen LogP contribution is 2.34. The van der Waals surface area contributed by atoms with Crippen molar-refractivity contribution >= 4 is 23.4 Å². The normalized spacial score (nSPS) is 12.8. The number of rotatable bonds is 9. The largest absolute Gasteiger partial charge is 0.495 e. The zero-order valence-electron chi connectivity index (χ0n) is 21.9. The molecule has 0 N–H and O–H groups in total. The molecule has 35 heavy (non-hydrogen) atoms. The number of hydrogen-bond acceptors (Lipinski definition) is 6. The summed E-state index contributed by atoms with van der Waals surface area (Å²) < 4.78 is 18.3. The van der Waals surface area contributed by atoms with Gasteiger partial charge in [-0.3, -0.25) is 14.2 Å². The van der Waals surface area contributed by atoms with Gasteiger partial charge in [0.25, 0.3) is 5.56 Å². The Bertz CT molecular complexity index is 1120. The van der Waals surface area contributed by atoms with Crippen molar-refractivity contribution in [1.82, 2.24) is 4.57 Å². The van der Waals surface area contributed by atoms with E-state index in [2.05, 4.69) is 0 Å². The van der Waals surface area contributed by atoms with Crippen molar-refractivity contribution < 1.29 is 23.8 Å². The standard InChI is InChI=1S/C27H36ClNO6/c1-9-22(30)18-11-10-17(28)14-19(18)20-15-24(31)29(16-23(20)33-8)21(12-13-34-26(2,3)4)25(32)35-27(5,6)7/h10-11,14-16,21H,9,12-13H2,1-8H3. The molecule has 0 amide bonds. The second-order valence-electron chi connectivity index (χ2n) is 10.3. The van der Waals surface area contributed by atoms with Crippen LogP contribution >= 0.6 is 11.6 Å². The van der Waals surface area contributed by atoms with Crippen LogP contribution in [0.2, 0.25) is 5.02 Å². The van der Waals surface area contributed by atoms with Crippen LogP contribution in [0.4, 0.5) is 0 Å². The van der Waals surface area contributed by atoms with Crippen LogP contribution in [0, 0.1) is 0 Å². The summed E-state index contributed by atoms with van der Waals surface area (Å²) in [6.07, 6.45) is 2.00. The fraction of sp³-hybridized carbons (Fsp3) is 0.519. The fourth-order valence-corrected chi connectivity index (χ4v) is 3.71. The van der Waals surface area contributed by atoms with Crippen molar-refractivity contribution in [2.45, 2.75) is 78.6 Å². The minimum Gasteiger partial charge on any atom is -0.495 e. The molecule has 1 heterocycles. The van der Waals surface area contributed by atoms with Gasteiger partial charge in [0, 0.05) is 41.7 Å². The first-order valence-electron chi connectivity index (χ1n) is 11.7. The van der Waals surface area contributed by atoms with Crippen LogP contribution < -0.4 is 10.3 Å². The van der Waals surface area contributed by atoms with Gasteiger partial charge in [-0.15, -0.1) is 0 Å². The molecular formula is C27H36ClNO6. The molecule has 1 unspecified atom stereocenters. The van der Waals surface area contributed by atoms with Crippen molar-refractivity contribution in [2.75, 3.05) is 13.7 Å². The lowest BCUT2D eigenvalue weighted by molar-refractivity contribution is -0.160. The molecule has 1 aromatic carbocycles. The number of esters is 1. The lowest BCUT2D eigenvalue weighted by atomic mass is 9.96. The molecule has 0 saturated heterocycles. The average molecular weight is 506 g/mol. The summed E-state index contributed by atoms with van der Waals surface area (Å²) >= 11 is 6.22. The third-order valence-corrected chi connectivity index (χ3v) is 5.33. The zero-order chi connectivity index (χ0) is 26.6. The van der Waals surface area contributed by atoms with E-state index in [1.807, 2.05) is 20.8 Å². The van der Waals surface area contributed by atoms with Crippen LogP contribution in [0.1, 0.15) is 77.7 Å². The molecule has 2 aromatic rings. The number of Topliss-reactive ketones (excluding diaryl/α,β-unsaturated/α-hetero) is 1. The van der Waals surface area contributed by atoms with E-state index in [1.165, 1.54) is 23.9 Å². The predicted octanol–water partition coefficient (Wildman–Crippen LogP) is 5.86. The fourth-order valence-electron chi connectivity index (χ4n) is 3.54. The number of carbonyl (C=O) groups excluding carboxylic acids is 2.